The third-order valence-electron chi connectivity index (χ3n) is 3.45. The minimum absolute atomic E-state index is 0.486. The predicted molar refractivity (Wildman–Crippen MR) is 60.4 cm³/mol. The van der Waals surface area contributed by atoms with Crippen LogP contribution in [-0.4, -0.2) is 7.28 Å². The Kier molecular flexibility index (Phi) is 3.87. The molecule has 0 spiro atoms. The standard InChI is InChI=1S/C11H25B/c1-8-10(4,5)12-11(6,7)9(2)3/h9,12H,8H2,1-7H3. The Morgan fingerprint density at radius 3 is 1.75 bits per heavy atom. The van der Waals surface area contributed by atoms with Crippen LogP contribution in [0.5, 0.6) is 0 Å². The predicted octanol–water partition coefficient (Wildman–Crippen LogP) is 3.89. The van der Waals surface area contributed by atoms with Gasteiger partial charge in [-0.15, -0.1) is 0 Å². The van der Waals surface area contributed by atoms with Gasteiger partial charge in [0.05, 0.1) is 0 Å². The van der Waals surface area contributed by atoms with Crippen LogP contribution in [0.4, 0.5) is 0 Å². The summed E-state index contributed by atoms with van der Waals surface area (Å²) in [5.41, 5.74) is 0. The maximum atomic E-state index is 2.38. The van der Waals surface area contributed by atoms with E-state index >= 15 is 0 Å². The molecular weight excluding hydrogens is 143 g/mol. The quantitative estimate of drug-likeness (QED) is 0.558. The van der Waals surface area contributed by atoms with Gasteiger partial charge in [-0.25, -0.2) is 0 Å². The van der Waals surface area contributed by atoms with Crippen molar-refractivity contribution in [3.05, 3.63) is 0 Å². The molecule has 0 fully saturated rings. The van der Waals surface area contributed by atoms with Gasteiger partial charge in [-0.1, -0.05) is 65.5 Å². The summed E-state index contributed by atoms with van der Waals surface area (Å²) in [5, 5.41) is 0.993. The van der Waals surface area contributed by atoms with E-state index in [1.54, 1.807) is 0 Å². The van der Waals surface area contributed by atoms with Crippen LogP contribution < -0.4 is 0 Å². The van der Waals surface area contributed by atoms with Gasteiger partial charge in [-0.2, -0.15) is 0 Å². The third-order valence-corrected chi connectivity index (χ3v) is 3.45. The van der Waals surface area contributed by atoms with Gasteiger partial charge in [0.15, 0.2) is 0 Å². The average Bonchev–Trinajstić information content (AvgIpc) is 1.85. The summed E-state index contributed by atoms with van der Waals surface area (Å²) in [4.78, 5) is 0. The monoisotopic (exact) mass is 168 g/mol. The second-order valence-corrected chi connectivity index (χ2v) is 5.84. The van der Waals surface area contributed by atoms with E-state index in [2.05, 4.69) is 48.5 Å². The van der Waals surface area contributed by atoms with Gasteiger partial charge in [0.2, 0.25) is 0 Å². The van der Waals surface area contributed by atoms with Crippen LogP contribution >= 0.6 is 0 Å². The van der Waals surface area contributed by atoms with E-state index in [9.17, 15) is 0 Å². The van der Waals surface area contributed by atoms with Crippen molar-refractivity contribution in [2.75, 3.05) is 0 Å². The molecule has 12 heavy (non-hydrogen) atoms. The van der Waals surface area contributed by atoms with Crippen LogP contribution in [0.1, 0.15) is 54.9 Å². The summed E-state index contributed by atoms with van der Waals surface area (Å²) in [6.07, 6.45) is 1.28. The maximum absolute atomic E-state index is 2.38. The van der Waals surface area contributed by atoms with Gasteiger partial charge < -0.3 is 0 Å². The van der Waals surface area contributed by atoms with E-state index in [0.717, 1.165) is 5.92 Å². The minimum atomic E-state index is 0.486. The molecule has 0 amide bonds. The lowest BCUT2D eigenvalue weighted by Gasteiger charge is -2.36. The average molecular weight is 168 g/mol. The Balaban J connectivity index is 4.23. The van der Waals surface area contributed by atoms with Crippen molar-refractivity contribution in [2.24, 2.45) is 5.92 Å². The van der Waals surface area contributed by atoms with E-state index in [-0.39, 0.29) is 0 Å². The second-order valence-electron chi connectivity index (χ2n) is 5.84. The normalized spacial score (nSPS) is 13.7. The molecule has 0 unspecified atom stereocenters. The molecule has 0 N–H and O–H groups in total. The summed E-state index contributed by atoms with van der Waals surface area (Å²) < 4.78 is 0. The van der Waals surface area contributed by atoms with Crippen LogP contribution in [0.25, 0.3) is 0 Å². The molecule has 0 aromatic carbocycles. The van der Waals surface area contributed by atoms with Crippen molar-refractivity contribution in [3.63, 3.8) is 0 Å². The van der Waals surface area contributed by atoms with Gasteiger partial charge >= 0.3 is 0 Å². The summed E-state index contributed by atoms with van der Waals surface area (Å²) in [7, 11) is 1.33. The van der Waals surface area contributed by atoms with E-state index in [0.29, 0.717) is 10.6 Å². The topological polar surface area (TPSA) is 0 Å². The van der Waals surface area contributed by atoms with Crippen molar-refractivity contribution >= 4 is 7.28 Å². The van der Waals surface area contributed by atoms with Crippen LogP contribution in [0, 0.1) is 5.92 Å². The zero-order valence-corrected chi connectivity index (χ0v) is 9.99. The van der Waals surface area contributed by atoms with Gasteiger partial charge in [0.25, 0.3) is 0 Å². The fraction of sp³-hybridized carbons (Fsp3) is 1.00. The van der Waals surface area contributed by atoms with Gasteiger partial charge in [-0.05, 0) is 5.92 Å². The molecule has 72 valence electrons. The molecule has 0 heterocycles. The SMILES string of the molecule is CCC(C)(C)BC(C)(C)C(C)C. The minimum Gasteiger partial charge on any atom is -0.0668 e. The van der Waals surface area contributed by atoms with Crippen molar-refractivity contribution in [3.8, 4) is 0 Å². The first-order valence-corrected chi connectivity index (χ1v) is 5.21. The molecule has 0 radical (unpaired) electrons. The molecule has 1 heteroatoms. The molecule has 0 aliphatic rings. The van der Waals surface area contributed by atoms with Crippen molar-refractivity contribution in [1.82, 2.24) is 0 Å². The Hall–Kier alpha value is 0.0649. The number of hydrogen-bond donors (Lipinski definition) is 0. The summed E-state index contributed by atoms with van der Waals surface area (Å²) in [5.74, 6) is 0.781. The molecule has 0 aromatic heterocycles. The van der Waals surface area contributed by atoms with E-state index < -0.39 is 0 Å². The first-order valence-electron chi connectivity index (χ1n) is 5.21. The van der Waals surface area contributed by atoms with Crippen LogP contribution in [0.15, 0.2) is 0 Å². The van der Waals surface area contributed by atoms with E-state index in [1.165, 1.54) is 13.7 Å². The molecule has 0 atom stereocenters. The number of hydrogen-bond acceptors (Lipinski definition) is 0. The van der Waals surface area contributed by atoms with Crippen LogP contribution in [0.2, 0.25) is 10.6 Å². The molecule has 0 nitrogen and oxygen atoms in total. The summed E-state index contributed by atoms with van der Waals surface area (Å²) in [6, 6.07) is 0. The molecule has 0 saturated carbocycles. The van der Waals surface area contributed by atoms with E-state index in [1.807, 2.05) is 0 Å². The summed E-state index contributed by atoms with van der Waals surface area (Å²) >= 11 is 0. The van der Waals surface area contributed by atoms with Gasteiger partial charge in [0, 0.05) is 0 Å². The first kappa shape index (κ1) is 12.1. The molecule has 0 aliphatic carbocycles. The number of rotatable bonds is 4. The van der Waals surface area contributed by atoms with E-state index in [4.69, 9.17) is 0 Å². The lowest BCUT2D eigenvalue weighted by molar-refractivity contribution is 0.454. The first-order chi connectivity index (χ1) is 5.21. The third kappa shape index (κ3) is 3.64. The highest BCUT2D eigenvalue weighted by molar-refractivity contribution is 6.43. The van der Waals surface area contributed by atoms with Gasteiger partial charge in [0.1, 0.15) is 7.28 Å². The van der Waals surface area contributed by atoms with Crippen molar-refractivity contribution in [1.29, 1.82) is 0 Å². The molecule has 0 bridgehead atoms. The Bertz CT molecular complexity index is 134. The maximum Gasteiger partial charge on any atom is 0.134 e. The Morgan fingerprint density at radius 1 is 1.08 bits per heavy atom. The zero-order valence-electron chi connectivity index (χ0n) is 9.99. The largest absolute Gasteiger partial charge is 0.134 e. The lowest BCUT2D eigenvalue weighted by atomic mass is 9.38. The fourth-order valence-corrected chi connectivity index (χ4v) is 1.56. The van der Waals surface area contributed by atoms with Crippen LogP contribution in [0.3, 0.4) is 0 Å². The highest BCUT2D eigenvalue weighted by Gasteiger charge is 2.31. The molecule has 0 saturated heterocycles. The molecule has 0 aliphatic heterocycles. The van der Waals surface area contributed by atoms with Crippen molar-refractivity contribution in [2.45, 2.75) is 65.5 Å². The highest BCUT2D eigenvalue weighted by atomic mass is 14.2. The van der Waals surface area contributed by atoms with Crippen molar-refractivity contribution < 1.29 is 0 Å². The smallest absolute Gasteiger partial charge is 0.0668 e. The second kappa shape index (κ2) is 3.85. The van der Waals surface area contributed by atoms with Crippen LogP contribution in [-0.2, 0) is 0 Å². The highest BCUT2D eigenvalue weighted by Crippen LogP contribution is 2.42. The Morgan fingerprint density at radius 2 is 1.50 bits per heavy atom. The molecule has 0 rings (SSSR count). The Labute approximate surface area is 79.4 Å². The zero-order chi connectivity index (χ0) is 9.99. The summed E-state index contributed by atoms with van der Waals surface area (Å²) in [6.45, 7) is 16.5. The van der Waals surface area contributed by atoms with Gasteiger partial charge in [-0.3, -0.25) is 0 Å². The fourth-order valence-electron chi connectivity index (χ4n) is 1.56. The molecular formula is C11H25B. The lowest BCUT2D eigenvalue weighted by Crippen LogP contribution is -2.27. The molecule has 0 aromatic rings.